The van der Waals surface area contributed by atoms with Crippen LogP contribution in [0.4, 0.5) is 0 Å². The maximum absolute atomic E-state index is 11.8. The van der Waals surface area contributed by atoms with Crippen molar-refractivity contribution in [2.24, 2.45) is 0 Å². The third-order valence-electron chi connectivity index (χ3n) is 3.81. The van der Waals surface area contributed by atoms with Crippen LogP contribution in [0.25, 0.3) is 10.6 Å². The average molecular weight is 302 g/mol. The Morgan fingerprint density at radius 2 is 2.24 bits per heavy atom. The lowest BCUT2D eigenvalue weighted by Crippen LogP contribution is -2.25. The number of rotatable bonds is 2. The van der Waals surface area contributed by atoms with Gasteiger partial charge in [-0.05, 0) is 32.0 Å². The molecule has 5 heteroatoms. The van der Waals surface area contributed by atoms with Gasteiger partial charge in [-0.15, -0.1) is 11.3 Å². The lowest BCUT2D eigenvalue weighted by molar-refractivity contribution is 0.0600. The molecule has 2 aromatic rings. The number of nitrogens with zero attached hydrogens (tertiary/aromatic N) is 2. The summed E-state index contributed by atoms with van der Waals surface area (Å²) < 4.78 is 4.84. The molecule has 0 atom stereocenters. The van der Waals surface area contributed by atoms with Crippen molar-refractivity contribution in [3.05, 3.63) is 39.9 Å². The zero-order chi connectivity index (χ0) is 15.0. The summed E-state index contributed by atoms with van der Waals surface area (Å²) in [5.74, 6) is -0.296. The minimum atomic E-state index is -0.296. The smallest absolute Gasteiger partial charge is 0.338 e. The zero-order valence-electron chi connectivity index (χ0n) is 12.5. The Labute approximate surface area is 128 Å². The Morgan fingerprint density at radius 3 is 3.00 bits per heavy atom. The van der Waals surface area contributed by atoms with Crippen molar-refractivity contribution in [2.45, 2.75) is 19.9 Å². The Kier molecular flexibility index (Phi) is 3.78. The van der Waals surface area contributed by atoms with E-state index < -0.39 is 0 Å². The third-order valence-corrected chi connectivity index (χ3v) is 5.01. The van der Waals surface area contributed by atoms with E-state index in [0.717, 1.165) is 35.6 Å². The summed E-state index contributed by atoms with van der Waals surface area (Å²) in [5.41, 5.74) is 3.69. The minimum Gasteiger partial charge on any atom is -0.465 e. The van der Waals surface area contributed by atoms with Crippen LogP contribution < -0.4 is 0 Å². The largest absolute Gasteiger partial charge is 0.465 e. The fourth-order valence-corrected chi connectivity index (χ4v) is 3.59. The van der Waals surface area contributed by atoms with Crippen LogP contribution in [0.5, 0.6) is 0 Å². The van der Waals surface area contributed by atoms with E-state index in [0.29, 0.717) is 5.56 Å². The Balaban J connectivity index is 1.99. The summed E-state index contributed by atoms with van der Waals surface area (Å²) in [6.07, 6.45) is 1.05. The molecule has 1 aliphatic heterocycles. The molecule has 0 unspecified atom stereocenters. The van der Waals surface area contributed by atoms with Gasteiger partial charge in [0.1, 0.15) is 5.01 Å². The molecule has 1 aliphatic rings. The molecular formula is C16H18N2O2S. The summed E-state index contributed by atoms with van der Waals surface area (Å²) in [6.45, 7) is 3.90. The van der Waals surface area contributed by atoms with Gasteiger partial charge in [-0.2, -0.15) is 0 Å². The molecular weight excluding hydrogens is 284 g/mol. The predicted octanol–water partition coefficient (Wildman–Crippen LogP) is 2.89. The number of hydrogen-bond donors (Lipinski definition) is 0. The lowest BCUT2D eigenvalue weighted by Gasteiger charge is -2.20. The first kappa shape index (κ1) is 14.2. The van der Waals surface area contributed by atoms with Crippen LogP contribution in [0.1, 0.15) is 26.5 Å². The highest BCUT2D eigenvalue weighted by atomic mass is 32.1. The van der Waals surface area contributed by atoms with E-state index in [2.05, 4.69) is 11.9 Å². The fraction of sp³-hybridized carbons (Fsp3) is 0.375. The maximum Gasteiger partial charge on any atom is 0.338 e. The second-order valence-corrected chi connectivity index (χ2v) is 6.48. The number of methoxy groups -OCH3 is 1. The van der Waals surface area contributed by atoms with Crippen molar-refractivity contribution >= 4 is 17.3 Å². The van der Waals surface area contributed by atoms with Crippen molar-refractivity contribution in [2.75, 3.05) is 20.7 Å². The number of fused-ring (bicyclic) bond motifs is 1. The first-order valence-corrected chi connectivity index (χ1v) is 7.76. The number of aryl methyl sites for hydroxylation is 1. The van der Waals surface area contributed by atoms with E-state index in [1.165, 1.54) is 17.7 Å². The Bertz CT molecular complexity index is 694. The van der Waals surface area contributed by atoms with Gasteiger partial charge >= 0.3 is 5.97 Å². The van der Waals surface area contributed by atoms with Crippen molar-refractivity contribution in [1.29, 1.82) is 0 Å². The zero-order valence-corrected chi connectivity index (χ0v) is 13.3. The average Bonchev–Trinajstić information content (AvgIpc) is 2.89. The highest BCUT2D eigenvalue weighted by molar-refractivity contribution is 7.15. The molecule has 1 aromatic carbocycles. The van der Waals surface area contributed by atoms with Gasteiger partial charge < -0.3 is 9.64 Å². The lowest BCUT2D eigenvalue weighted by atomic mass is 10.1. The number of hydrogen-bond acceptors (Lipinski definition) is 5. The van der Waals surface area contributed by atoms with Crippen LogP contribution in [0.2, 0.25) is 0 Å². The van der Waals surface area contributed by atoms with Crippen molar-refractivity contribution in [3.63, 3.8) is 0 Å². The third kappa shape index (κ3) is 2.71. The topological polar surface area (TPSA) is 42.4 Å². The molecule has 4 nitrogen and oxygen atoms in total. The normalized spacial score (nSPS) is 14.8. The monoisotopic (exact) mass is 302 g/mol. The van der Waals surface area contributed by atoms with Gasteiger partial charge in [0, 0.05) is 23.5 Å². The number of carbonyl (C=O) groups is 1. The summed E-state index contributed by atoms with van der Waals surface area (Å²) in [7, 11) is 3.52. The predicted molar refractivity (Wildman–Crippen MR) is 83.7 cm³/mol. The number of carbonyl (C=O) groups excluding carboxylic acids is 1. The van der Waals surface area contributed by atoms with Gasteiger partial charge in [0.15, 0.2) is 0 Å². The van der Waals surface area contributed by atoms with Gasteiger partial charge in [-0.1, -0.05) is 12.1 Å². The molecule has 110 valence electrons. The number of benzene rings is 1. The molecule has 0 saturated carbocycles. The number of ether oxygens (including phenoxy) is 1. The van der Waals surface area contributed by atoms with E-state index in [1.54, 1.807) is 11.3 Å². The van der Waals surface area contributed by atoms with Gasteiger partial charge in [0.2, 0.25) is 0 Å². The van der Waals surface area contributed by atoms with Crippen molar-refractivity contribution < 1.29 is 9.53 Å². The first-order valence-electron chi connectivity index (χ1n) is 6.95. The highest BCUT2D eigenvalue weighted by Gasteiger charge is 2.19. The quantitative estimate of drug-likeness (QED) is 0.800. The molecule has 0 N–H and O–H groups in total. The van der Waals surface area contributed by atoms with Gasteiger partial charge in [0.05, 0.1) is 18.4 Å². The molecule has 0 bridgehead atoms. The standard InChI is InChI=1S/C16H18N2O2S/c1-10-4-5-11(8-12(10)16(19)20-3)15-17-13-9-18(2)7-6-14(13)21-15/h4-5,8H,6-7,9H2,1-3H3. The number of thiazole rings is 1. The van der Waals surface area contributed by atoms with Crippen LogP contribution in [0.3, 0.4) is 0 Å². The van der Waals surface area contributed by atoms with Crippen molar-refractivity contribution in [3.8, 4) is 10.6 Å². The van der Waals surface area contributed by atoms with Crippen LogP contribution >= 0.6 is 11.3 Å². The van der Waals surface area contributed by atoms with E-state index in [4.69, 9.17) is 9.72 Å². The number of esters is 1. The molecule has 0 radical (unpaired) electrons. The SMILES string of the molecule is COC(=O)c1cc(-c2nc3c(s2)CCN(C)C3)ccc1C. The summed E-state index contributed by atoms with van der Waals surface area (Å²) in [5, 5.41) is 0.987. The summed E-state index contributed by atoms with van der Waals surface area (Å²) in [6, 6.07) is 5.86. The molecule has 2 heterocycles. The maximum atomic E-state index is 11.8. The minimum absolute atomic E-state index is 0.296. The van der Waals surface area contributed by atoms with Crippen LogP contribution in [-0.2, 0) is 17.7 Å². The summed E-state index contributed by atoms with van der Waals surface area (Å²) in [4.78, 5) is 20.2. The fourth-order valence-electron chi connectivity index (χ4n) is 2.54. The molecule has 21 heavy (non-hydrogen) atoms. The van der Waals surface area contributed by atoms with Gasteiger partial charge in [0.25, 0.3) is 0 Å². The Morgan fingerprint density at radius 1 is 1.43 bits per heavy atom. The van der Waals surface area contributed by atoms with Crippen LogP contribution in [0.15, 0.2) is 18.2 Å². The molecule has 1 aromatic heterocycles. The Hall–Kier alpha value is -1.72. The second-order valence-electron chi connectivity index (χ2n) is 5.40. The number of aromatic nitrogens is 1. The van der Waals surface area contributed by atoms with E-state index in [1.807, 2.05) is 25.1 Å². The van der Waals surface area contributed by atoms with Gasteiger partial charge in [-0.25, -0.2) is 9.78 Å². The highest BCUT2D eigenvalue weighted by Crippen LogP contribution is 2.32. The van der Waals surface area contributed by atoms with Crippen LogP contribution in [0, 0.1) is 6.92 Å². The van der Waals surface area contributed by atoms with E-state index >= 15 is 0 Å². The van der Waals surface area contributed by atoms with E-state index in [-0.39, 0.29) is 5.97 Å². The second kappa shape index (κ2) is 5.58. The molecule has 0 spiro atoms. The molecule has 0 amide bonds. The molecule has 3 rings (SSSR count). The molecule has 0 aliphatic carbocycles. The summed E-state index contributed by atoms with van der Waals surface area (Å²) >= 11 is 1.73. The van der Waals surface area contributed by atoms with Crippen molar-refractivity contribution in [1.82, 2.24) is 9.88 Å². The first-order chi connectivity index (χ1) is 10.1. The van der Waals surface area contributed by atoms with Gasteiger partial charge in [-0.3, -0.25) is 0 Å². The molecule has 0 fully saturated rings. The van der Waals surface area contributed by atoms with E-state index in [9.17, 15) is 4.79 Å². The number of likely N-dealkylation sites (N-methyl/N-ethyl adjacent to an activating group) is 1. The molecule has 0 saturated heterocycles. The van der Waals surface area contributed by atoms with Crippen LogP contribution in [-0.4, -0.2) is 36.6 Å².